The van der Waals surface area contributed by atoms with Gasteiger partial charge in [0, 0.05) is 0 Å². The van der Waals surface area contributed by atoms with E-state index in [4.69, 9.17) is 14.6 Å². The van der Waals surface area contributed by atoms with Crippen molar-refractivity contribution in [1.29, 1.82) is 0 Å². The first kappa shape index (κ1) is 10.9. The maximum absolute atomic E-state index is 9.41. The molecule has 1 heterocycles. The van der Waals surface area contributed by atoms with Gasteiger partial charge in [0.2, 0.25) is 0 Å². The normalized spacial score (nSPS) is 25.6. The lowest BCUT2D eigenvalue weighted by atomic mass is 10.2. The van der Waals surface area contributed by atoms with Crippen LogP contribution in [0, 0.1) is 0 Å². The van der Waals surface area contributed by atoms with Crippen molar-refractivity contribution >= 4 is 0 Å². The molecule has 0 aromatic rings. The van der Waals surface area contributed by atoms with Crippen LogP contribution in [-0.4, -0.2) is 48.3 Å². The number of hydrogen-bond donors (Lipinski definition) is 2. The zero-order chi connectivity index (χ0) is 9.68. The molecule has 0 aromatic heterocycles. The van der Waals surface area contributed by atoms with Crippen molar-refractivity contribution < 1.29 is 19.7 Å². The van der Waals surface area contributed by atoms with E-state index in [1.165, 1.54) is 0 Å². The fourth-order valence-corrected chi connectivity index (χ4v) is 1.02. The molecule has 1 saturated heterocycles. The summed E-state index contributed by atoms with van der Waals surface area (Å²) in [5, 5.41) is 18.1. The maximum Gasteiger partial charge on any atom is 0.0810 e. The van der Waals surface area contributed by atoms with Crippen molar-refractivity contribution in [2.45, 2.75) is 38.1 Å². The van der Waals surface area contributed by atoms with Crippen LogP contribution in [-0.2, 0) is 9.47 Å². The highest BCUT2D eigenvalue weighted by Gasteiger charge is 2.23. The highest BCUT2D eigenvalue weighted by atomic mass is 16.6. The largest absolute Gasteiger partial charge is 0.394 e. The van der Waals surface area contributed by atoms with Gasteiger partial charge >= 0.3 is 0 Å². The fraction of sp³-hybridized carbons (Fsp3) is 1.00. The number of ether oxygens (including phenoxy) is 2. The lowest BCUT2D eigenvalue weighted by Crippen LogP contribution is -2.22. The van der Waals surface area contributed by atoms with Crippen LogP contribution in [0.5, 0.6) is 0 Å². The second kappa shape index (κ2) is 5.54. The van der Waals surface area contributed by atoms with E-state index in [-0.39, 0.29) is 12.7 Å². The summed E-state index contributed by atoms with van der Waals surface area (Å²) in [5.74, 6) is 0. The molecule has 3 unspecified atom stereocenters. The van der Waals surface area contributed by atoms with Gasteiger partial charge in [-0.15, -0.1) is 0 Å². The number of hydrogen-bond acceptors (Lipinski definition) is 4. The second-order valence-corrected chi connectivity index (χ2v) is 3.51. The Balaban J connectivity index is 1.92. The molecule has 4 heteroatoms. The summed E-state index contributed by atoms with van der Waals surface area (Å²) >= 11 is 0. The Kier molecular flexibility index (Phi) is 4.66. The molecule has 0 bridgehead atoms. The SMILES string of the molecule is CC(CO)OCC(O)CCC1CO1. The molecular formula is C9H18O4. The molecule has 0 radical (unpaired) electrons. The Hall–Kier alpha value is -0.160. The van der Waals surface area contributed by atoms with Crippen LogP contribution >= 0.6 is 0 Å². The third-order valence-electron chi connectivity index (χ3n) is 2.05. The molecule has 1 aliphatic rings. The van der Waals surface area contributed by atoms with E-state index in [2.05, 4.69) is 0 Å². The number of aliphatic hydroxyl groups is 2. The Morgan fingerprint density at radius 2 is 2.31 bits per heavy atom. The van der Waals surface area contributed by atoms with E-state index >= 15 is 0 Å². The zero-order valence-corrected chi connectivity index (χ0v) is 7.98. The smallest absolute Gasteiger partial charge is 0.0810 e. The molecule has 3 atom stereocenters. The van der Waals surface area contributed by atoms with Crippen molar-refractivity contribution in [3.63, 3.8) is 0 Å². The molecule has 0 saturated carbocycles. The Labute approximate surface area is 78.5 Å². The number of rotatable bonds is 7. The molecule has 1 rings (SSSR count). The van der Waals surface area contributed by atoms with E-state index in [1.54, 1.807) is 6.92 Å². The molecule has 78 valence electrons. The van der Waals surface area contributed by atoms with Crippen LogP contribution < -0.4 is 0 Å². The van der Waals surface area contributed by atoms with Gasteiger partial charge < -0.3 is 19.7 Å². The molecule has 2 N–H and O–H groups in total. The van der Waals surface area contributed by atoms with Crippen LogP contribution in [0.1, 0.15) is 19.8 Å². The first-order chi connectivity index (χ1) is 6.22. The van der Waals surface area contributed by atoms with Gasteiger partial charge in [-0.2, -0.15) is 0 Å². The molecule has 0 aromatic carbocycles. The second-order valence-electron chi connectivity index (χ2n) is 3.51. The van der Waals surface area contributed by atoms with E-state index in [9.17, 15) is 5.11 Å². The van der Waals surface area contributed by atoms with Gasteiger partial charge in [0.05, 0.1) is 38.1 Å². The molecule has 0 amide bonds. The zero-order valence-electron chi connectivity index (χ0n) is 7.98. The summed E-state index contributed by atoms with van der Waals surface area (Å²) in [4.78, 5) is 0. The molecular weight excluding hydrogens is 172 g/mol. The van der Waals surface area contributed by atoms with E-state index in [0.29, 0.717) is 19.1 Å². The standard InChI is InChI=1S/C9H18O4/c1-7(4-10)12-5-8(11)2-3-9-6-13-9/h7-11H,2-6H2,1H3. The summed E-state index contributed by atoms with van der Waals surface area (Å²) in [7, 11) is 0. The minimum absolute atomic E-state index is 0.00153. The van der Waals surface area contributed by atoms with Crippen LogP contribution in [0.25, 0.3) is 0 Å². The van der Waals surface area contributed by atoms with Crippen LogP contribution in [0.3, 0.4) is 0 Å². The average Bonchev–Trinajstić information content (AvgIpc) is 2.94. The van der Waals surface area contributed by atoms with E-state index in [0.717, 1.165) is 13.0 Å². The molecule has 13 heavy (non-hydrogen) atoms. The van der Waals surface area contributed by atoms with Gasteiger partial charge in [-0.25, -0.2) is 0 Å². The van der Waals surface area contributed by atoms with Gasteiger partial charge in [-0.05, 0) is 19.8 Å². The lowest BCUT2D eigenvalue weighted by molar-refractivity contribution is -0.0262. The van der Waals surface area contributed by atoms with Gasteiger partial charge in [0.25, 0.3) is 0 Å². The van der Waals surface area contributed by atoms with Crippen molar-refractivity contribution in [1.82, 2.24) is 0 Å². The molecule has 1 fully saturated rings. The number of epoxide rings is 1. The minimum atomic E-state index is -0.432. The first-order valence-corrected chi connectivity index (χ1v) is 4.74. The third kappa shape index (κ3) is 5.21. The molecule has 4 nitrogen and oxygen atoms in total. The molecule has 0 spiro atoms. The first-order valence-electron chi connectivity index (χ1n) is 4.74. The monoisotopic (exact) mass is 190 g/mol. The quantitative estimate of drug-likeness (QED) is 0.551. The van der Waals surface area contributed by atoms with Crippen molar-refractivity contribution in [3.05, 3.63) is 0 Å². The predicted molar refractivity (Wildman–Crippen MR) is 47.5 cm³/mol. The van der Waals surface area contributed by atoms with Gasteiger partial charge in [-0.1, -0.05) is 0 Å². The van der Waals surface area contributed by atoms with Gasteiger partial charge in [-0.3, -0.25) is 0 Å². The minimum Gasteiger partial charge on any atom is -0.394 e. The third-order valence-corrected chi connectivity index (χ3v) is 2.05. The summed E-state index contributed by atoms with van der Waals surface area (Å²) in [6.07, 6.45) is 1.36. The van der Waals surface area contributed by atoms with Gasteiger partial charge in [0.15, 0.2) is 0 Å². The summed E-state index contributed by atoms with van der Waals surface area (Å²) in [6, 6.07) is 0. The average molecular weight is 190 g/mol. The Morgan fingerprint density at radius 3 is 2.85 bits per heavy atom. The predicted octanol–water partition coefficient (Wildman–Crippen LogP) is -0.0763. The van der Waals surface area contributed by atoms with Crippen molar-refractivity contribution in [2.75, 3.05) is 19.8 Å². The Bertz CT molecular complexity index is 136. The van der Waals surface area contributed by atoms with Gasteiger partial charge in [0.1, 0.15) is 0 Å². The molecule has 1 aliphatic heterocycles. The van der Waals surface area contributed by atoms with E-state index < -0.39 is 6.10 Å². The Morgan fingerprint density at radius 1 is 1.62 bits per heavy atom. The molecule has 0 aliphatic carbocycles. The van der Waals surface area contributed by atoms with Crippen molar-refractivity contribution in [2.24, 2.45) is 0 Å². The van der Waals surface area contributed by atoms with Crippen LogP contribution in [0.4, 0.5) is 0 Å². The summed E-state index contributed by atoms with van der Waals surface area (Å²) in [5.41, 5.74) is 0. The highest BCUT2D eigenvalue weighted by molar-refractivity contribution is 4.70. The highest BCUT2D eigenvalue weighted by Crippen LogP contribution is 2.16. The topological polar surface area (TPSA) is 62.2 Å². The van der Waals surface area contributed by atoms with Crippen LogP contribution in [0.2, 0.25) is 0 Å². The van der Waals surface area contributed by atoms with Crippen molar-refractivity contribution in [3.8, 4) is 0 Å². The number of aliphatic hydroxyl groups excluding tert-OH is 2. The summed E-state index contributed by atoms with van der Waals surface area (Å²) < 4.78 is 10.2. The lowest BCUT2D eigenvalue weighted by Gasteiger charge is -2.13. The summed E-state index contributed by atoms with van der Waals surface area (Å²) in [6.45, 7) is 2.91. The van der Waals surface area contributed by atoms with E-state index in [1.807, 2.05) is 0 Å². The van der Waals surface area contributed by atoms with Crippen LogP contribution in [0.15, 0.2) is 0 Å². The fourth-order valence-electron chi connectivity index (χ4n) is 1.02. The maximum atomic E-state index is 9.41.